The van der Waals surface area contributed by atoms with E-state index in [2.05, 4.69) is 25.5 Å². The summed E-state index contributed by atoms with van der Waals surface area (Å²) in [5, 5.41) is 19.1. The molecule has 10 heteroatoms. The largest absolute Gasteiger partial charge is 0.477 e. The fraction of sp³-hybridized carbons (Fsp3) is 0.294. The van der Waals surface area contributed by atoms with Crippen molar-refractivity contribution in [3.05, 3.63) is 51.8 Å². The Kier molecular flexibility index (Phi) is 4.32. The van der Waals surface area contributed by atoms with Crippen molar-refractivity contribution in [2.24, 2.45) is 0 Å². The summed E-state index contributed by atoms with van der Waals surface area (Å²) in [7, 11) is 0. The highest BCUT2D eigenvalue weighted by molar-refractivity contribution is 5.91. The van der Waals surface area contributed by atoms with Crippen LogP contribution in [0.5, 0.6) is 0 Å². The molecule has 1 atom stereocenters. The Morgan fingerprint density at radius 3 is 3.07 bits per heavy atom. The minimum atomic E-state index is -1.37. The lowest BCUT2D eigenvalue weighted by Crippen LogP contribution is -2.32. The van der Waals surface area contributed by atoms with E-state index in [-0.39, 0.29) is 22.9 Å². The van der Waals surface area contributed by atoms with Crippen molar-refractivity contribution in [3.63, 3.8) is 0 Å². The summed E-state index contributed by atoms with van der Waals surface area (Å²) in [5.41, 5.74) is -0.0686. The summed E-state index contributed by atoms with van der Waals surface area (Å²) < 4.78 is 14.6. The maximum Gasteiger partial charge on any atom is 0.341 e. The van der Waals surface area contributed by atoms with E-state index in [0.717, 1.165) is 24.4 Å². The van der Waals surface area contributed by atoms with Gasteiger partial charge < -0.3 is 20.3 Å². The van der Waals surface area contributed by atoms with Crippen LogP contribution in [-0.2, 0) is 6.54 Å². The number of nitrogens with one attached hydrogen (secondary N) is 3. The molecular weight excluding hydrogens is 355 g/mol. The van der Waals surface area contributed by atoms with Gasteiger partial charge in [-0.15, -0.1) is 0 Å². The van der Waals surface area contributed by atoms with Crippen LogP contribution in [0, 0.1) is 5.82 Å². The molecular formula is C17H17FN6O3. The zero-order chi connectivity index (χ0) is 19.0. The molecule has 3 aromatic heterocycles. The van der Waals surface area contributed by atoms with Crippen molar-refractivity contribution in [1.82, 2.24) is 25.5 Å². The summed E-state index contributed by atoms with van der Waals surface area (Å²) in [5.74, 6) is -1.87. The molecule has 0 bridgehead atoms. The maximum absolute atomic E-state index is 14.6. The molecule has 1 saturated heterocycles. The van der Waals surface area contributed by atoms with Gasteiger partial charge in [0.1, 0.15) is 11.2 Å². The second-order valence-electron chi connectivity index (χ2n) is 6.42. The Morgan fingerprint density at radius 1 is 1.48 bits per heavy atom. The minimum absolute atomic E-state index is 0.0794. The standard InChI is InChI=1S/C17H17FN6O3/c18-13-5-11-14(25)12(17(26)27)7-20-15(11)22-16(13)24-4-2-10(8-24)19-6-9-1-3-21-23-9/h1,3,5,7,10,19H,2,4,6,8H2,(H,21,23)(H,26,27)(H,20,22,25). The molecule has 4 heterocycles. The van der Waals surface area contributed by atoms with E-state index in [9.17, 15) is 14.0 Å². The van der Waals surface area contributed by atoms with Gasteiger partial charge in [0.15, 0.2) is 11.6 Å². The lowest BCUT2D eigenvalue weighted by Gasteiger charge is -2.19. The first-order valence-electron chi connectivity index (χ1n) is 8.44. The number of hydrogen-bond acceptors (Lipinski definition) is 6. The molecule has 0 aromatic carbocycles. The SMILES string of the molecule is O=C(O)c1c[nH]c2nc(N3CCC(NCc4ccn[nH]4)C3)c(F)cc2c1=O. The number of H-pyrrole nitrogens is 2. The fourth-order valence-corrected chi connectivity index (χ4v) is 3.25. The van der Waals surface area contributed by atoms with E-state index in [4.69, 9.17) is 5.11 Å². The van der Waals surface area contributed by atoms with Crippen LogP contribution in [-0.4, -0.2) is 50.4 Å². The molecule has 27 heavy (non-hydrogen) atoms. The number of pyridine rings is 2. The lowest BCUT2D eigenvalue weighted by atomic mass is 10.2. The molecule has 1 aliphatic heterocycles. The Balaban J connectivity index is 1.55. The van der Waals surface area contributed by atoms with Crippen LogP contribution >= 0.6 is 0 Å². The van der Waals surface area contributed by atoms with Crippen molar-refractivity contribution in [2.45, 2.75) is 19.0 Å². The number of rotatable bonds is 5. The Bertz CT molecular complexity index is 1050. The van der Waals surface area contributed by atoms with Gasteiger partial charge in [-0.25, -0.2) is 14.2 Å². The average molecular weight is 372 g/mol. The molecule has 0 saturated carbocycles. The number of hydrogen-bond donors (Lipinski definition) is 4. The number of carboxylic acid groups (broad SMARTS) is 1. The van der Waals surface area contributed by atoms with Crippen molar-refractivity contribution >= 4 is 22.8 Å². The third kappa shape index (κ3) is 3.26. The highest BCUT2D eigenvalue weighted by Gasteiger charge is 2.26. The monoisotopic (exact) mass is 372 g/mol. The predicted octanol–water partition coefficient (Wildman–Crippen LogP) is 0.852. The Morgan fingerprint density at radius 2 is 2.33 bits per heavy atom. The molecule has 1 unspecified atom stereocenters. The van der Waals surface area contributed by atoms with Gasteiger partial charge in [0, 0.05) is 43.8 Å². The van der Waals surface area contributed by atoms with Crippen LogP contribution < -0.4 is 15.6 Å². The van der Waals surface area contributed by atoms with Gasteiger partial charge in [0.2, 0.25) is 5.43 Å². The molecule has 0 aliphatic carbocycles. The third-order valence-electron chi connectivity index (χ3n) is 4.66. The topological polar surface area (TPSA) is 127 Å². The maximum atomic E-state index is 14.6. The third-order valence-corrected chi connectivity index (χ3v) is 4.66. The normalized spacial score (nSPS) is 16.9. The van der Waals surface area contributed by atoms with Gasteiger partial charge in [-0.2, -0.15) is 5.10 Å². The van der Waals surface area contributed by atoms with Crippen molar-refractivity contribution < 1.29 is 14.3 Å². The van der Waals surface area contributed by atoms with Crippen molar-refractivity contribution in [2.75, 3.05) is 18.0 Å². The number of halogens is 1. The van der Waals surface area contributed by atoms with Crippen LogP contribution in [0.2, 0.25) is 0 Å². The second kappa shape index (κ2) is 6.80. The van der Waals surface area contributed by atoms with Crippen LogP contribution in [0.1, 0.15) is 22.5 Å². The van der Waals surface area contributed by atoms with E-state index >= 15 is 0 Å². The summed E-state index contributed by atoms with van der Waals surface area (Å²) in [6.07, 6.45) is 3.59. The van der Waals surface area contributed by atoms with E-state index in [0.29, 0.717) is 19.6 Å². The molecule has 4 rings (SSSR count). The van der Waals surface area contributed by atoms with E-state index < -0.39 is 22.8 Å². The number of nitrogens with zero attached hydrogens (tertiary/aromatic N) is 3. The van der Waals surface area contributed by atoms with Gasteiger partial charge in [0.05, 0.1) is 5.39 Å². The summed E-state index contributed by atoms with van der Waals surface area (Å²) in [6.45, 7) is 1.83. The van der Waals surface area contributed by atoms with Gasteiger partial charge in [0.25, 0.3) is 0 Å². The highest BCUT2D eigenvalue weighted by Crippen LogP contribution is 2.24. The minimum Gasteiger partial charge on any atom is -0.477 e. The molecule has 0 spiro atoms. The molecule has 140 valence electrons. The first-order chi connectivity index (χ1) is 13.0. The van der Waals surface area contributed by atoms with Crippen LogP contribution in [0.4, 0.5) is 10.2 Å². The molecule has 4 N–H and O–H groups in total. The fourth-order valence-electron chi connectivity index (χ4n) is 3.25. The molecule has 9 nitrogen and oxygen atoms in total. The molecule has 1 aliphatic rings. The number of fused-ring (bicyclic) bond motifs is 1. The number of carbonyl (C=O) groups is 1. The van der Waals surface area contributed by atoms with Crippen molar-refractivity contribution in [1.29, 1.82) is 0 Å². The number of carboxylic acids is 1. The number of aromatic carboxylic acids is 1. The Hall–Kier alpha value is -3.27. The van der Waals surface area contributed by atoms with Crippen LogP contribution in [0.3, 0.4) is 0 Å². The van der Waals surface area contributed by atoms with Crippen molar-refractivity contribution in [3.8, 4) is 0 Å². The zero-order valence-electron chi connectivity index (χ0n) is 14.2. The molecule has 0 radical (unpaired) electrons. The first-order valence-corrected chi connectivity index (χ1v) is 8.44. The summed E-state index contributed by atoms with van der Waals surface area (Å²) >= 11 is 0. The number of aromatic nitrogens is 4. The van der Waals surface area contributed by atoms with E-state index in [1.807, 2.05) is 11.0 Å². The molecule has 1 fully saturated rings. The second-order valence-corrected chi connectivity index (χ2v) is 6.42. The lowest BCUT2D eigenvalue weighted by molar-refractivity contribution is 0.0695. The van der Waals surface area contributed by atoms with Crippen LogP contribution in [0.15, 0.2) is 29.3 Å². The van der Waals surface area contributed by atoms with E-state index in [1.165, 1.54) is 0 Å². The molecule has 0 amide bonds. The van der Waals surface area contributed by atoms with E-state index in [1.54, 1.807) is 6.20 Å². The predicted molar refractivity (Wildman–Crippen MR) is 95.3 cm³/mol. The van der Waals surface area contributed by atoms with Gasteiger partial charge in [-0.1, -0.05) is 0 Å². The zero-order valence-corrected chi connectivity index (χ0v) is 14.2. The summed E-state index contributed by atoms with van der Waals surface area (Å²) in [6, 6.07) is 3.10. The summed E-state index contributed by atoms with van der Waals surface area (Å²) in [4.78, 5) is 31.9. The quantitative estimate of drug-likeness (QED) is 0.523. The van der Waals surface area contributed by atoms with Gasteiger partial charge in [-0.3, -0.25) is 9.89 Å². The number of aromatic amines is 2. The highest BCUT2D eigenvalue weighted by atomic mass is 19.1. The first kappa shape index (κ1) is 17.2. The Labute approximate surface area is 152 Å². The average Bonchev–Trinajstić information content (AvgIpc) is 3.32. The van der Waals surface area contributed by atoms with Gasteiger partial charge >= 0.3 is 5.97 Å². The smallest absolute Gasteiger partial charge is 0.341 e. The number of anilines is 1. The molecule has 3 aromatic rings. The van der Waals surface area contributed by atoms with Crippen LogP contribution in [0.25, 0.3) is 11.0 Å². The van der Waals surface area contributed by atoms with Gasteiger partial charge in [-0.05, 0) is 18.6 Å².